The van der Waals surface area contributed by atoms with E-state index in [0.29, 0.717) is 61.2 Å². The molecule has 6 rings (SSSR count). The molecule has 0 amide bonds. The standard InChI is InChI=1S/C24H23ClN6O4S/c25-22-21-24(31(29-28-21)14-16-5-2-1-3-6-16)27-23(26-22)17-7-4-10-30(15-17)36(32,33)18-8-9-19-20(13-18)35-12-11-34-19/h1-3,5-6,8-9,13,17H,4,7,10-12,14-15H2. The van der Waals surface area contributed by atoms with Crippen molar-refractivity contribution in [2.24, 2.45) is 0 Å². The SMILES string of the molecule is O=S(=O)(c1ccc2c(c1)OCCO2)N1CCCC(c2nc(Cl)c3nnn(Cc4ccccc4)c3n2)C1. The van der Waals surface area contributed by atoms with Crippen LogP contribution in [0.5, 0.6) is 11.5 Å². The van der Waals surface area contributed by atoms with E-state index in [1.165, 1.54) is 10.4 Å². The van der Waals surface area contributed by atoms with Crippen molar-refractivity contribution in [2.45, 2.75) is 30.2 Å². The largest absolute Gasteiger partial charge is 0.486 e. The molecule has 0 saturated carbocycles. The molecule has 2 aromatic carbocycles. The lowest BCUT2D eigenvalue weighted by Gasteiger charge is -2.31. The van der Waals surface area contributed by atoms with Gasteiger partial charge in [0, 0.05) is 25.1 Å². The maximum absolute atomic E-state index is 13.5. The average Bonchev–Trinajstić information content (AvgIpc) is 3.32. The topological polar surface area (TPSA) is 112 Å². The van der Waals surface area contributed by atoms with Crippen LogP contribution < -0.4 is 9.47 Å². The molecule has 10 nitrogen and oxygen atoms in total. The number of aromatic nitrogens is 5. The van der Waals surface area contributed by atoms with Crippen LogP contribution in [0, 0.1) is 0 Å². The number of benzene rings is 2. The van der Waals surface area contributed by atoms with Crippen molar-refractivity contribution in [3.05, 3.63) is 65.1 Å². The third-order valence-corrected chi connectivity index (χ3v) is 8.54. The molecule has 0 radical (unpaired) electrons. The number of nitrogens with zero attached hydrogens (tertiary/aromatic N) is 6. The molecule has 1 saturated heterocycles. The van der Waals surface area contributed by atoms with Crippen molar-refractivity contribution in [1.29, 1.82) is 0 Å². The van der Waals surface area contributed by atoms with Crippen molar-refractivity contribution < 1.29 is 17.9 Å². The first-order valence-electron chi connectivity index (χ1n) is 11.7. The van der Waals surface area contributed by atoms with Crippen LogP contribution in [0.4, 0.5) is 0 Å². The Labute approximate surface area is 212 Å². The van der Waals surface area contributed by atoms with Gasteiger partial charge in [-0.1, -0.05) is 47.1 Å². The van der Waals surface area contributed by atoms with E-state index in [-0.39, 0.29) is 22.5 Å². The highest BCUT2D eigenvalue weighted by molar-refractivity contribution is 7.89. The van der Waals surface area contributed by atoms with Gasteiger partial charge in [-0.05, 0) is 30.5 Å². The Hall–Kier alpha value is -3.28. The van der Waals surface area contributed by atoms with E-state index in [2.05, 4.69) is 15.3 Å². The summed E-state index contributed by atoms with van der Waals surface area (Å²) in [5.41, 5.74) is 2.00. The summed E-state index contributed by atoms with van der Waals surface area (Å²) in [5.74, 6) is 1.27. The van der Waals surface area contributed by atoms with Crippen molar-refractivity contribution in [2.75, 3.05) is 26.3 Å². The molecule has 4 heterocycles. The molecule has 1 atom stereocenters. The molecule has 2 aliphatic heterocycles. The van der Waals surface area contributed by atoms with Gasteiger partial charge in [0.2, 0.25) is 10.0 Å². The van der Waals surface area contributed by atoms with Crippen molar-refractivity contribution in [3.8, 4) is 11.5 Å². The van der Waals surface area contributed by atoms with Crippen LogP contribution in [-0.2, 0) is 16.6 Å². The van der Waals surface area contributed by atoms with Crippen LogP contribution in [0.2, 0.25) is 5.15 Å². The van der Waals surface area contributed by atoms with E-state index in [0.717, 1.165) is 12.0 Å². The van der Waals surface area contributed by atoms with E-state index in [9.17, 15) is 8.42 Å². The number of ether oxygens (including phenoxy) is 2. The normalized spacial score (nSPS) is 18.4. The summed E-state index contributed by atoms with van der Waals surface area (Å²) >= 11 is 6.46. The van der Waals surface area contributed by atoms with Gasteiger partial charge in [0.25, 0.3) is 0 Å². The zero-order valence-electron chi connectivity index (χ0n) is 19.2. The summed E-state index contributed by atoms with van der Waals surface area (Å²) in [4.78, 5) is 9.39. The summed E-state index contributed by atoms with van der Waals surface area (Å²) in [6.07, 6.45) is 1.42. The predicted molar refractivity (Wildman–Crippen MR) is 132 cm³/mol. The molecule has 36 heavy (non-hydrogen) atoms. The number of halogens is 1. The molecule has 12 heteroatoms. The quantitative estimate of drug-likeness (QED) is 0.364. The fraction of sp³-hybridized carbons (Fsp3) is 0.333. The molecular weight excluding hydrogens is 504 g/mol. The third kappa shape index (κ3) is 4.27. The fourth-order valence-electron chi connectivity index (χ4n) is 4.59. The minimum absolute atomic E-state index is 0.173. The predicted octanol–water partition coefficient (Wildman–Crippen LogP) is 3.26. The van der Waals surface area contributed by atoms with Crippen molar-refractivity contribution >= 4 is 32.8 Å². The average molecular weight is 527 g/mol. The third-order valence-electron chi connectivity index (χ3n) is 6.41. The highest BCUT2D eigenvalue weighted by atomic mass is 35.5. The molecule has 1 fully saturated rings. The Kier molecular flexibility index (Phi) is 5.98. The Balaban J connectivity index is 1.28. The number of rotatable bonds is 5. The first kappa shape index (κ1) is 23.1. The van der Waals surface area contributed by atoms with Gasteiger partial charge in [-0.15, -0.1) is 5.10 Å². The summed E-state index contributed by atoms with van der Waals surface area (Å²) in [6, 6.07) is 14.6. The second-order valence-electron chi connectivity index (χ2n) is 8.79. The van der Waals surface area contributed by atoms with E-state index in [1.54, 1.807) is 16.8 Å². The van der Waals surface area contributed by atoms with Gasteiger partial charge >= 0.3 is 0 Å². The molecule has 0 bridgehead atoms. The van der Waals surface area contributed by atoms with Crippen molar-refractivity contribution in [3.63, 3.8) is 0 Å². The van der Waals surface area contributed by atoms with Gasteiger partial charge in [0.15, 0.2) is 27.8 Å². The van der Waals surface area contributed by atoms with Gasteiger partial charge in [-0.2, -0.15) is 4.31 Å². The highest BCUT2D eigenvalue weighted by Crippen LogP contribution is 2.35. The molecule has 0 spiro atoms. The molecular formula is C24H23ClN6O4S. The van der Waals surface area contributed by atoms with Gasteiger partial charge < -0.3 is 9.47 Å². The second-order valence-corrected chi connectivity index (χ2v) is 11.1. The van der Waals surface area contributed by atoms with Crippen LogP contribution in [0.1, 0.15) is 30.1 Å². The van der Waals surface area contributed by atoms with Crippen molar-refractivity contribution in [1.82, 2.24) is 29.3 Å². The first-order valence-corrected chi connectivity index (χ1v) is 13.5. The summed E-state index contributed by atoms with van der Waals surface area (Å²) < 4.78 is 41.2. The zero-order chi connectivity index (χ0) is 24.7. The van der Waals surface area contributed by atoms with E-state index >= 15 is 0 Å². The Morgan fingerprint density at radius 1 is 1.03 bits per heavy atom. The van der Waals surface area contributed by atoms with Gasteiger partial charge in [-0.25, -0.2) is 23.1 Å². The summed E-state index contributed by atoms with van der Waals surface area (Å²) in [7, 11) is -3.75. The van der Waals surface area contributed by atoms with Crippen LogP contribution in [-0.4, -0.2) is 64.0 Å². The molecule has 186 valence electrons. The van der Waals surface area contributed by atoms with Crippen LogP contribution in [0.25, 0.3) is 11.2 Å². The van der Waals surface area contributed by atoms with Crippen LogP contribution in [0.3, 0.4) is 0 Å². The minimum Gasteiger partial charge on any atom is -0.486 e. The number of piperidine rings is 1. The molecule has 0 aliphatic carbocycles. The lowest BCUT2D eigenvalue weighted by molar-refractivity contribution is 0.171. The maximum Gasteiger partial charge on any atom is 0.243 e. The molecule has 4 aromatic rings. The molecule has 2 aliphatic rings. The van der Waals surface area contributed by atoms with Crippen LogP contribution in [0.15, 0.2) is 53.4 Å². The lowest BCUT2D eigenvalue weighted by atomic mass is 9.99. The van der Waals surface area contributed by atoms with E-state index in [1.807, 2.05) is 30.3 Å². The first-order chi connectivity index (χ1) is 17.5. The number of sulfonamides is 1. The zero-order valence-corrected chi connectivity index (χ0v) is 20.8. The summed E-state index contributed by atoms with van der Waals surface area (Å²) in [5, 5.41) is 8.58. The maximum atomic E-state index is 13.5. The van der Waals surface area contributed by atoms with Crippen LogP contribution >= 0.6 is 11.6 Å². The van der Waals surface area contributed by atoms with Gasteiger partial charge in [0.05, 0.1) is 11.4 Å². The monoisotopic (exact) mass is 526 g/mol. The second kappa shape index (κ2) is 9.30. The fourth-order valence-corrected chi connectivity index (χ4v) is 6.34. The Morgan fingerprint density at radius 2 is 1.83 bits per heavy atom. The number of fused-ring (bicyclic) bond motifs is 2. The van der Waals surface area contributed by atoms with Gasteiger partial charge in [-0.3, -0.25) is 0 Å². The number of hydrogen-bond donors (Lipinski definition) is 0. The minimum atomic E-state index is -3.75. The highest BCUT2D eigenvalue weighted by Gasteiger charge is 2.33. The lowest BCUT2D eigenvalue weighted by Crippen LogP contribution is -2.39. The number of hydrogen-bond acceptors (Lipinski definition) is 8. The molecule has 1 unspecified atom stereocenters. The summed E-state index contributed by atoms with van der Waals surface area (Å²) in [6.45, 7) is 1.98. The molecule has 0 N–H and O–H groups in total. The van der Waals surface area contributed by atoms with Gasteiger partial charge in [0.1, 0.15) is 19.0 Å². The Bertz CT molecular complexity index is 1530. The van der Waals surface area contributed by atoms with E-state index < -0.39 is 10.0 Å². The molecule has 2 aromatic heterocycles. The Morgan fingerprint density at radius 3 is 2.67 bits per heavy atom. The smallest absolute Gasteiger partial charge is 0.243 e. The van der Waals surface area contributed by atoms with E-state index in [4.69, 9.17) is 26.1 Å².